The molecule has 0 saturated heterocycles. The lowest BCUT2D eigenvalue weighted by Gasteiger charge is -2.14. The molecule has 100 valence electrons. The Morgan fingerprint density at radius 1 is 1.47 bits per heavy atom. The van der Waals surface area contributed by atoms with Crippen molar-refractivity contribution < 1.29 is 0 Å². The van der Waals surface area contributed by atoms with E-state index in [4.69, 9.17) is 18.0 Å². The fraction of sp³-hybridized carbons (Fsp3) is 0.286. The van der Waals surface area contributed by atoms with Crippen molar-refractivity contribution in [1.82, 2.24) is 9.55 Å². The summed E-state index contributed by atoms with van der Waals surface area (Å²) in [6, 6.07) is 5.98. The number of rotatable bonds is 6. The molecule has 0 atom stereocenters. The fourth-order valence-electron chi connectivity index (χ4n) is 2.00. The first-order chi connectivity index (χ1) is 9.18. The lowest BCUT2D eigenvalue weighted by molar-refractivity contribution is 0.660. The number of aryl methyl sites for hydroxylation is 2. The van der Waals surface area contributed by atoms with Gasteiger partial charge in [-0.25, -0.2) is 4.98 Å². The number of imidazole rings is 1. The molecule has 5 heteroatoms. The fourth-order valence-corrected chi connectivity index (χ4v) is 2.17. The largest absolute Gasteiger partial charge is 0.389 e. The Balaban J connectivity index is 1.93. The van der Waals surface area contributed by atoms with Gasteiger partial charge in [-0.2, -0.15) is 0 Å². The van der Waals surface area contributed by atoms with Gasteiger partial charge in [0.1, 0.15) is 4.99 Å². The number of thiocarbonyl (C=S) groups is 1. The van der Waals surface area contributed by atoms with E-state index >= 15 is 0 Å². The molecule has 2 aromatic rings. The summed E-state index contributed by atoms with van der Waals surface area (Å²) >= 11 is 5.08. The third-order valence-corrected chi connectivity index (χ3v) is 3.21. The van der Waals surface area contributed by atoms with Gasteiger partial charge in [-0.05, 0) is 25.0 Å². The SMILES string of the molecule is Cc1cccc(C(N)=S)c1NCCCn1ccnc1. The Bertz CT molecular complexity index is 549. The third kappa shape index (κ3) is 3.54. The maximum atomic E-state index is 5.74. The van der Waals surface area contributed by atoms with Crippen molar-refractivity contribution in [2.45, 2.75) is 19.9 Å². The van der Waals surface area contributed by atoms with Gasteiger partial charge in [0.15, 0.2) is 0 Å². The minimum absolute atomic E-state index is 0.431. The van der Waals surface area contributed by atoms with Gasteiger partial charge in [0, 0.05) is 36.7 Å². The lowest BCUT2D eigenvalue weighted by Crippen LogP contribution is -2.15. The minimum Gasteiger partial charge on any atom is -0.389 e. The molecule has 1 heterocycles. The van der Waals surface area contributed by atoms with E-state index in [1.807, 2.05) is 24.7 Å². The quantitative estimate of drug-likeness (QED) is 0.627. The van der Waals surface area contributed by atoms with Crippen molar-refractivity contribution in [3.8, 4) is 0 Å². The molecule has 19 heavy (non-hydrogen) atoms. The summed E-state index contributed by atoms with van der Waals surface area (Å²) in [6.45, 7) is 3.87. The van der Waals surface area contributed by atoms with Crippen molar-refractivity contribution in [1.29, 1.82) is 0 Å². The number of hydrogen-bond donors (Lipinski definition) is 2. The summed E-state index contributed by atoms with van der Waals surface area (Å²) in [5.74, 6) is 0. The van der Waals surface area contributed by atoms with Gasteiger partial charge in [0.25, 0.3) is 0 Å². The third-order valence-electron chi connectivity index (χ3n) is 2.99. The van der Waals surface area contributed by atoms with Crippen LogP contribution in [0.4, 0.5) is 5.69 Å². The maximum Gasteiger partial charge on any atom is 0.106 e. The van der Waals surface area contributed by atoms with Crippen molar-refractivity contribution in [2.24, 2.45) is 5.73 Å². The van der Waals surface area contributed by atoms with Crippen LogP contribution >= 0.6 is 12.2 Å². The molecule has 0 aliphatic heterocycles. The van der Waals surface area contributed by atoms with Crippen molar-refractivity contribution in [3.63, 3.8) is 0 Å². The zero-order valence-electron chi connectivity index (χ0n) is 11.0. The monoisotopic (exact) mass is 274 g/mol. The number of nitrogens with two attached hydrogens (primary N) is 1. The number of anilines is 1. The van der Waals surface area contributed by atoms with E-state index in [-0.39, 0.29) is 0 Å². The van der Waals surface area contributed by atoms with Gasteiger partial charge in [-0.15, -0.1) is 0 Å². The molecular weight excluding hydrogens is 256 g/mol. The first-order valence-corrected chi connectivity index (χ1v) is 6.68. The second kappa shape index (κ2) is 6.33. The van der Waals surface area contributed by atoms with Gasteiger partial charge in [-0.1, -0.05) is 24.4 Å². The molecule has 0 saturated carbocycles. The molecule has 0 unspecified atom stereocenters. The second-order valence-corrected chi connectivity index (χ2v) is 4.88. The van der Waals surface area contributed by atoms with Crippen molar-refractivity contribution in [3.05, 3.63) is 48.0 Å². The summed E-state index contributed by atoms with van der Waals surface area (Å²) in [4.78, 5) is 4.45. The van der Waals surface area contributed by atoms with Crippen LogP contribution in [0.15, 0.2) is 36.9 Å². The highest BCUT2D eigenvalue weighted by Gasteiger charge is 2.06. The molecule has 1 aromatic heterocycles. The van der Waals surface area contributed by atoms with Crippen LogP contribution in [-0.4, -0.2) is 21.1 Å². The second-order valence-electron chi connectivity index (χ2n) is 4.44. The summed E-state index contributed by atoms with van der Waals surface area (Å²) in [6.07, 6.45) is 6.60. The highest BCUT2D eigenvalue weighted by molar-refractivity contribution is 7.80. The van der Waals surface area contributed by atoms with E-state index in [2.05, 4.69) is 27.9 Å². The highest BCUT2D eigenvalue weighted by Crippen LogP contribution is 2.20. The number of nitrogens with one attached hydrogen (secondary N) is 1. The van der Waals surface area contributed by atoms with E-state index in [0.717, 1.165) is 36.3 Å². The molecule has 0 aliphatic carbocycles. The van der Waals surface area contributed by atoms with Crippen LogP contribution in [-0.2, 0) is 6.54 Å². The van der Waals surface area contributed by atoms with Gasteiger partial charge >= 0.3 is 0 Å². The van der Waals surface area contributed by atoms with E-state index < -0.39 is 0 Å². The predicted octanol–water partition coefficient (Wildman–Crippen LogP) is 2.33. The van der Waals surface area contributed by atoms with Gasteiger partial charge < -0.3 is 15.6 Å². The van der Waals surface area contributed by atoms with E-state index in [1.165, 1.54) is 0 Å². The van der Waals surface area contributed by atoms with E-state index in [0.29, 0.717) is 4.99 Å². The van der Waals surface area contributed by atoms with Gasteiger partial charge in [-0.3, -0.25) is 0 Å². The van der Waals surface area contributed by atoms with Crippen LogP contribution in [0.25, 0.3) is 0 Å². The highest BCUT2D eigenvalue weighted by atomic mass is 32.1. The molecule has 2 rings (SSSR count). The number of benzene rings is 1. The van der Waals surface area contributed by atoms with Crippen LogP contribution in [0.3, 0.4) is 0 Å². The molecule has 0 amide bonds. The zero-order chi connectivity index (χ0) is 13.7. The molecule has 1 aromatic carbocycles. The molecule has 4 nitrogen and oxygen atoms in total. The van der Waals surface area contributed by atoms with Crippen LogP contribution < -0.4 is 11.1 Å². The minimum atomic E-state index is 0.431. The zero-order valence-corrected chi connectivity index (χ0v) is 11.8. The van der Waals surface area contributed by atoms with Gasteiger partial charge in [0.2, 0.25) is 0 Å². The van der Waals surface area contributed by atoms with Crippen LogP contribution in [0.5, 0.6) is 0 Å². The Morgan fingerprint density at radius 2 is 2.32 bits per heavy atom. The number of hydrogen-bond acceptors (Lipinski definition) is 3. The summed E-state index contributed by atoms with van der Waals surface area (Å²) in [5, 5.41) is 3.42. The standard InChI is InChI=1S/C14H18N4S/c1-11-4-2-5-12(14(15)19)13(11)17-6-3-8-18-9-7-16-10-18/h2,4-5,7,9-10,17H,3,6,8H2,1H3,(H2,15,19). The smallest absolute Gasteiger partial charge is 0.106 e. The normalized spacial score (nSPS) is 10.4. The average Bonchev–Trinajstić information content (AvgIpc) is 2.88. The predicted molar refractivity (Wildman–Crippen MR) is 82.4 cm³/mol. The Labute approximate surface area is 118 Å². The number of aromatic nitrogens is 2. The summed E-state index contributed by atoms with van der Waals surface area (Å²) in [7, 11) is 0. The Hall–Kier alpha value is -1.88. The summed E-state index contributed by atoms with van der Waals surface area (Å²) < 4.78 is 2.06. The molecule has 0 aliphatic rings. The molecule has 0 bridgehead atoms. The van der Waals surface area contributed by atoms with E-state index in [1.54, 1.807) is 6.20 Å². The Morgan fingerprint density at radius 3 is 3.00 bits per heavy atom. The van der Waals surface area contributed by atoms with Crippen LogP contribution in [0, 0.1) is 6.92 Å². The molecule has 0 fully saturated rings. The van der Waals surface area contributed by atoms with Crippen molar-refractivity contribution in [2.75, 3.05) is 11.9 Å². The number of para-hydroxylation sites is 1. The first-order valence-electron chi connectivity index (χ1n) is 6.27. The Kier molecular flexibility index (Phi) is 4.52. The maximum absolute atomic E-state index is 5.74. The molecular formula is C14H18N4S. The van der Waals surface area contributed by atoms with E-state index in [9.17, 15) is 0 Å². The van der Waals surface area contributed by atoms with Crippen molar-refractivity contribution >= 4 is 22.9 Å². The molecule has 0 radical (unpaired) electrons. The van der Waals surface area contributed by atoms with Gasteiger partial charge in [0.05, 0.1) is 6.33 Å². The summed E-state index contributed by atoms with van der Waals surface area (Å²) in [5.41, 5.74) is 8.86. The molecule has 3 N–H and O–H groups in total. The topological polar surface area (TPSA) is 55.9 Å². The number of nitrogens with zero attached hydrogens (tertiary/aromatic N) is 2. The van der Waals surface area contributed by atoms with Crippen LogP contribution in [0.1, 0.15) is 17.5 Å². The first kappa shape index (κ1) is 13.5. The average molecular weight is 274 g/mol. The lowest BCUT2D eigenvalue weighted by atomic mass is 10.1. The van der Waals surface area contributed by atoms with Crippen LogP contribution in [0.2, 0.25) is 0 Å². The molecule has 0 spiro atoms.